The van der Waals surface area contributed by atoms with E-state index in [4.69, 9.17) is 32.7 Å². The van der Waals surface area contributed by atoms with E-state index in [1.165, 1.54) is 0 Å². The average molecular weight is 656 g/mol. The standard InChI is InChI=1S/C36H32Cl2N4O4/c1-4-45-28-18-25(17-27(38)34(28)46-19-22-9-15-26(37)16-10-22)29(30-32(39-41-35(30)43)23-11-5-20(2)6-12-23)31-33(40-42-36(31)44)24-13-7-21(3)8-14-24/h5-18,29H,4,19H2,1-3H3,(H2,39,41,43)(H2,40,42,44). The summed E-state index contributed by atoms with van der Waals surface area (Å²) in [7, 11) is 0. The summed E-state index contributed by atoms with van der Waals surface area (Å²) in [4.78, 5) is 27.5. The Morgan fingerprint density at radius 3 is 1.70 bits per heavy atom. The summed E-state index contributed by atoms with van der Waals surface area (Å²) in [5.41, 5.74) is 6.28. The molecule has 0 unspecified atom stereocenters. The zero-order valence-corrected chi connectivity index (χ0v) is 27.0. The predicted molar refractivity (Wildman–Crippen MR) is 183 cm³/mol. The molecule has 6 aromatic rings. The second-order valence-corrected chi connectivity index (χ2v) is 11.9. The van der Waals surface area contributed by atoms with Gasteiger partial charge in [0.1, 0.15) is 6.61 Å². The van der Waals surface area contributed by atoms with Crippen molar-refractivity contribution in [2.75, 3.05) is 6.61 Å². The molecule has 0 saturated carbocycles. The van der Waals surface area contributed by atoms with E-state index in [2.05, 4.69) is 20.4 Å². The Kier molecular flexibility index (Phi) is 8.92. The van der Waals surface area contributed by atoms with E-state index >= 15 is 0 Å². The molecule has 0 spiro atoms. The number of aryl methyl sites for hydroxylation is 2. The van der Waals surface area contributed by atoms with Crippen molar-refractivity contribution in [3.8, 4) is 34.0 Å². The van der Waals surface area contributed by atoms with Gasteiger partial charge >= 0.3 is 0 Å². The van der Waals surface area contributed by atoms with E-state index < -0.39 is 5.92 Å². The maximum absolute atomic E-state index is 13.7. The van der Waals surface area contributed by atoms with Crippen LogP contribution in [-0.2, 0) is 6.61 Å². The van der Waals surface area contributed by atoms with Gasteiger partial charge in [0, 0.05) is 10.9 Å². The molecule has 10 heteroatoms. The number of ether oxygens (including phenoxy) is 2. The number of H-pyrrole nitrogens is 4. The molecule has 4 N–H and O–H groups in total. The largest absolute Gasteiger partial charge is 0.490 e. The highest BCUT2D eigenvalue weighted by molar-refractivity contribution is 6.32. The fraction of sp³-hybridized carbons (Fsp3) is 0.167. The molecule has 0 amide bonds. The van der Waals surface area contributed by atoms with Gasteiger partial charge < -0.3 is 9.47 Å². The number of hydrogen-bond acceptors (Lipinski definition) is 4. The number of aromatic nitrogens is 4. The van der Waals surface area contributed by atoms with E-state index in [1.54, 1.807) is 24.3 Å². The third-order valence-electron chi connectivity index (χ3n) is 7.85. The van der Waals surface area contributed by atoms with Crippen molar-refractivity contribution in [3.05, 3.63) is 149 Å². The average Bonchev–Trinajstić information content (AvgIpc) is 3.61. The number of hydrogen-bond donors (Lipinski definition) is 4. The summed E-state index contributed by atoms with van der Waals surface area (Å²) in [5, 5.41) is 12.5. The number of rotatable bonds is 10. The van der Waals surface area contributed by atoms with Crippen molar-refractivity contribution in [2.45, 2.75) is 33.3 Å². The smallest absolute Gasteiger partial charge is 0.268 e. The van der Waals surface area contributed by atoms with Gasteiger partial charge in [-0.15, -0.1) is 0 Å². The fourth-order valence-corrected chi connectivity index (χ4v) is 5.95. The Morgan fingerprint density at radius 1 is 0.674 bits per heavy atom. The quantitative estimate of drug-likeness (QED) is 0.119. The predicted octanol–water partition coefficient (Wildman–Crippen LogP) is 8.13. The van der Waals surface area contributed by atoms with Crippen LogP contribution >= 0.6 is 23.2 Å². The van der Waals surface area contributed by atoms with Gasteiger partial charge in [-0.1, -0.05) is 95.0 Å². The molecule has 8 nitrogen and oxygen atoms in total. The van der Waals surface area contributed by atoms with Crippen LogP contribution in [0.3, 0.4) is 0 Å². The number of halogens is 2. The Morgan fingerprint density at radius 2 is 1.20 bits per heavy atom. The lowest BCUT2D eigenvalue weighted by atomic mass is 9.82. The van der Waals surface area contributed by atoms with Crippen LogP contribution in [0.1, 0.15) is 46.2 Å². The third-order valence-corrected chi connectivity index (χ3v) is 8.38. The van der Waals surface area contributed by atoms with Crippen LogP contribution < -0.4 is 20.6 Å². The molecule has 2 aromatic heterocycles. The lowest BCUT2D eigenvalue weighted by Crippen LogP contribution is -2.20. The van der Waals surface area contributed by atoms with Gasteiger partial charge in [0.25, 0.3) is 11.1 Å². The minimum Gasteiger partial charge on any atom is -0.490 e. The van der Waals surface area contributed by atoms with Crippen molar-refractivity contribution in [2.24, 2.45) is 0 Å². The summed E-state index contributed by atoms with van der Waals surface area (Å²) in [6, 6.07) is 26.4. The normalized spacial score (nSPS) is 11.3. The Bertz CT molecular complexity index is 1990. The molecule has 0 fully saturated rings. The molecule has 6 rings (SSSR count). The first-order valence-corrected chi connectivity index (χ1v) is 15.6. The lowest BCUT2D eigenvalue weighted by molar-refractivity contribution is 0.269. The van der Waals surface area contributed by atoms with Gasteiger partial charge in [0.05, 0.1) is 34.1 Å². The molecule has 4 aromatic carbocycles. The zero-order chi connectivity index (χ0) is 32.4. The molecule has 0 saturated heterocycles. The number of benzene rings is 4. The second kappa shape index (κ2) is 13.2. The van der Waals surface area contributed by atoms with Crippen LogP contribution in [0.4, 0.5) is 0 Å². The van der Waals surface area contributed by atoms with Crippen LogP contribution in [0.5, 0.6) is 11.5 Å². The van der Waals surface area contributed by atoms with Crippen LogP contribution in [0.25, 0.3) is 22.5 Å². The minimum absolute atomic E-state index is 0.226. The van der Waals surface area contributed by atoms with Gasteiger partial charge in [0.15, 0.2) is 11.5 Å². The number of aromatic amines is 4. The SMILES string of the molecule is CCOc1cc(C(c2c(-c3ccc(C)cc3)[nH][nH]c2=O)c2c(-c3ccc(C)cc3)[nH][nH]c2=O)cc(Cl)c1OCc1ccc(Cl)cc1. The minimum atomic E-state index is -0.861. The highest BCUT2D eigenvalue weighted by Gasteiger charge is 2.32. The van der Waals surface area contributed by atoms with E-state index in [9.17, 15) is 9.59 Å². The first-order chi connectivity index (χ1) is 22.2. The van der Waals surface area contributed by atoms with Gasteiger partial charge in [-0.3, -0.25) is 30.0 Å². The van der Waals surface area contributed by atoms with Crippen LogP contribution in [0.2, 0.25) is 10.0 Å². The molecule has 46 heavy (non-hydrogen) atoms. The van der Waals surface area contributed by atoms with E-state index in [0.29, 0.717) is 51.2 Å². The summed E-state index contributed by atoms with van der Waals surface area (Å²) >= 11 is 13.0. The highest BCUT2D eigenvalue weighted by Crippen LogP contribution is 2.44. The molecule has 0 radical (unpaired) electrons. The van der Waals surface area contributed by atoms with Crippen molar-refractivity contribution in [3.63, 3.8) is 0 Å². The topological polar surface area (TPSA) is 116 Å². The van der Waals surface area contributed by atoms with Crippen molar-refractivity contribution in [1.82, 2.24) is 20.4 Å². The summed E-state index contributed by atoms with van der Waals surface area (Å²) in [6.07, 6.45) is 0. The first-order valence-electron chi connectivity index (χ1n) is 14.8. The molecular weight excluding hydrogens is 623 g/mol. The number of nitrogens with one attached hydrogen (secondary N) is 4. The zero-order valence-electron chi connectivity index (χ0n) is 25.5. The van der Waals surface area contributed by atoms with Gasteiger partial charge in [0.2, 0.25) is 0 Å². The first kappa shape index (κ1) is 31.1. The summed E-state index contributed by atoms with van der Waals surface area (Å²) in [5.74, 6) is -0.124. The maximum Gasteiger partial charge on any atom is 0.268 e. The van der Waals surface area contributed by atoms with Crippen LogP contribution in [0.15, 0.2) is 94.5 Å². The lowest BCUT2D eigenvalue weighted by Gasteiger charge is -2.21. The second-order valence-electron chi connectivity index (χ2n) is 11.1. The van der Waals surface area contributed by atoms with Crippen molar-refractivity contribution in [1.29, 1.82) is 0 Å². The Labute approximate surface area is 275 Å². The summed E-state index contributed by atoms with van der Waals surface area (Å²) < 4.78 is 12.2. The van der Waals surface area contributed by atoms with Gasteiger partial charge in [-0.2, -0.15) is 0 Å². The third kappa shape index (κ3) is 6.27. The van der Waals surface area contributed by atoms with E-state index in [0.717, 1.165) is 27.8 Å². The highest BCUT2D eigenvalue weighted by atomic mass is 35.5. The van der Waals surface area contributed by atoms with E-state index in [-0.39, 0.29) is 22.7 Å². The Hall–Kier alpha value is -4.92. The fourth-order valence-electron chi connectivity index (χ4n) is 5.55. The van der Waals surface area contributed by atoms with Crippen LogP contribution in [-0.4, -0.2) is 27.0 Å². The molecule has 0 atom stereocenters. The molecule has 234 valence electrons. The van der Waals surface area contributed by atoms with Crippen LogP contribution in [0, 0.1) is 13.8 Å². The molecule has 0 aliphatic carbocycles. The Balaban J connectivity index is 1.55. The molecule has 2 heterocycles. The van der Waals surface area contributed by atoms with Gasteiger partial charge in [-0.05, 0) is 67.3 Å². The van der Waals surface area contributed by atoms with Gasteiger partial charge in [-0.25, -0.2) is 0 Å². The van der Waals surface area contributed by atoms with Crippen molar-refractivity contribution >= 4 is 23.2 Å². The molecule has 0 bridgehead atoms. The monoisotopic (exact) mass is 654 g/mol. The van der Waals surface area contributed by atoms with Crippen molar-refractivity contribution < 1.29 is 9.47 Å². The maximum atomic E-state index is 13.7. The summed E-state index contributed by atoms with van der Waals surface area (Å²) in [6.45, 7) is 6.41. The molecule has 0 aliphatic rings. The molecule has 0 aliphatic heterocycles. The molecular formula is C36H32Cl2N4O4. The van der Waals surface area contributed by atoms with E-state index in [1.807, 2.05) is 81.4 Å².